The summed E-state index contributed by atoms with van der Waals surface area (Å²) in [5, 5.41) is 1.27. The van der Waals surface area contributed by atoms with Crippen LogP contribution >= 0.6 is 0 Å². The molecule has 2 aromatic carbocycles. The summed E-state index contributed by atoms with van der Waals surface area (Å²) < 4.78 is 5.59. The number of rotatable bonds is 5. The number of hydrogen-bond donors (Lipinski definition) is 1. The molecule has 0 saturated carbocycles. The highest BCUT2D eigenvalue weighted by molar-refractivity contribution is 5.86. The molecule has 0 fully saturated rings. The summed E-state index contributed by atoms with van der Waals surface area (Å²) in [4.78, 5) is 18.5. The largest absolute Gasteiger partial charge is 0.494 e. The topological polar surface area (TPSA) is 45.3 Å². The number of nitrogens with zero attached hydrogens (tertiary/aromatic N) is 1. The third kappa shape index (κ3) is 3.20. The van der Waals surface area contributed by atoms with E-state index < -0.39 is 0 Å². The molecular weight excluding hydrogens is 336 g/mol. The molecule has 0 aliphatic carbocycles. The number of aromatic nitrogens is 1. The van der Waals surface area contributed by atoms with Gasteiger partial charge in [0.2, 0.25) is 5.91 Å². The number of nitrogens with one attached hydrogen (secondary N) is 1. The van der Waals surface area contributed by atoms with Crippen molar-refractivity contribution in [3.05, 3.63) is 65.4 Å². The van der Waals surface area contributed by atoms with Gasteiger partial charge in [0.1, 0.15) is 5.75 Å². The van der Waals surface area contributed by atoms with Crippen molar-refractivity contribution in [2.75, 3.05) is 13.2 Å². The van der Waals surface area contributed by atoms with Crippen LogP contribution in [0.1, 0.15) is 49.6 Å². The van der Waals surface area contributed by atoms with Gasteiger partial charge in [-0.25, -0.2) is 0 Å². The van der Waals surface area contributed by atoms with Crippen LogP contribution in [-0.4, -0.2) is 28.9 Å². The highest BCUT2D eigenvalue weighted by Crippen LogP contribution is 2.39. The third-order valence-electron chi connectivity index (χ3n) is 5.33. The number of carbonyl (C=O) groups is 1. The number of ether oxygens (including phenoxy) is 1. The zero-order valence-corrected chi connectivity index (χ0v) is 16.0. The van der Waals surface area contributed by atoms with E-state index in [1.807, 2.05) is 24.0 Å². The van der Waals surface area contributed by atoms with Crippen molar-refractivity contribution >= 4 is 16.8 Å². The summed E-state index contributed by atoms with van der Waals surface area (Å²) >= 11 is 0. The van der Waals surface area contributed by atoms with Crippen LogP contribution in [0.4, 0.5) is 0 Å². The van der Waals surface area contributed by atoms with Gasteiger partial charge >= 0.3 is 0 Å². The van der Waals surface area contributed by atoms with Gasteiger partial charge in [0, 0.05) is 29.6 Å². The van der Waals surface area contributed by atoms with Crippen molar-refractivity contribution in [2.24, 2.45) is 0 Å². The van der Waals surface area contributed by atoms with E-state index in [0.29, 0.717) is 13.0 Å². The van der Waals surface area contributed by atoms with Gasteiger partial charge in [-0.2, -0.15) is 0 Å². The van der Waals surface area contributed by atoms with E-state index in [-0.39, 0.29) is 11.9 Å². The normalized spacial score (nSPS) is 16.4. The zero-order chi connectivity index (χ0) is 18.8. The first kappa shape index (κ1) is 17.7. The number of benzene rings is 2. The molecule has 1 aliphatic rings. The summed E-state index contributed by atoms with van der Waals surface area (Å²) in [6.07, 6.45) is 2.34. The average molecular weight is 362 g/mol. The first-order valence-electron chi connectivity index (χ1n) is 9.84. The molecule has 1 amide bonds. The van der Waals surface area contributed by atoms with E-state index in [4.69, 9.17) is 4.74 Å². The molecular formula is C23H26N2O2. The molecule has 1 aromatic heterocycles. The molecule has 4 nitrogen and oxygen atoms in total. The van der Waals surface area contributed by atoms with Crippen LogP contribution in [0.5, 0.6) is 5.75 Å². The van der Waals surface area contributed by atoms with Gasteiger partial charge in [-0.3, -0.25) is 4.79 Å². The standard InChI is InChI=1S/C23H26N2O2/c1-3-7-21(26)25-15-14-19-18-8-5-6-9-20(18)24-22(19)23(25)16-10-12-17(13-11-16)27-4-2/h5-6,8-13,23-24H,3-4,7,14-15H2,1-2H3. The van der Waals surface area contributed by atoms with Crippen LogP contribution in [0.2, 0.25) is 0 Å². The van der Waals surface area contributed by atoms with Crippen molar-refractivity contribution in [3.63, 3.8) is 0 Å². The molecule has 1 atom stereocenters. The van der Waals surface area contributed by atoms with E-state index in [2.05, 4.69) is 48.3 Å². The van der Waals surface area contributed by atoms with Gasteiger partial charge in [0.05, 0.1) is 12.6 Å². The number of para-hydroxylation sites is 1. The van der Waals surface area contributed by atoms with E-state index in [9.17, 15) is 4.79 Å². The number of hydrogen-bond acceptors (Lipinski definition) is 2. The van der Waals surface area contributed by atoms with Gasteiger partial charge in [0.25, 0.3) is 0 Å². The highest BCUT2D eigenvalue weighted by atomic mass is 16.5. The van der Waals surface area contributed by atoms with Crippen molar-refractivity contribution in [3.8, 4) is 5.75 Å². The Bertz CT molecular complexity index is 943. The summed E-state index contributed by atoms with van der Waals surface area (Å²) in [5.74, 6) is 1.08. The molecule has 0 radical (unpaired) electrons. The smallest absolute Gasteiger partial charge is 0.223 e. The molecule has 0 spiro atoms. The van der Waals surface area contributed by atoms with Crippen molar-refractivity contribution in [2.45, 2.75) is 39.2 Å². The van der Waals surface area contributed by atoms with Crippen LogP contribution in [0.15, 0.2) is 48.5 Å². The lowest BCUT2D eigenvalue weighted by atomic mass is 9.92. The Morgan fingerprint density at radius 2 is 1.93 bits per heavy atom. The first-order valence-corrected chi connectivity index (χ1v) is 9.84. The van der Waals surface area contributed by atoms with Crippen molar-refractivity contribution in [1.82, 2.24) is 9.88 Å². The average Bonchev–Trinajstić information content (AvgIpc) is 3.07. The van der Waals surface area contributed by atoms with E-state index in [1.54, 1.807) is 0 Å². The summed E-state index contributed by atoms with van der Waals surface area (Å²) in [6.45, 7) is 5.45. The van der Waals surface area contributed by atoms with Crippen molar-refractivity contribution in [1.29, 1.82) is 0 Å². The number of aromatic amines is 1. The minimum absolute atomic E-state index is 0.0733. The van der Waals surface area contributed by atoms with Crippen LogP contribution in [-0.2, 0) is 11.2 Å². The van der Waals surface area contributed by atoms with Crippen LogP contribution in [0, 0.1) is 0 Å². The molecule has 0 bridgehead atoms. The fourth-order valence-corrected chi connectivity index (χ4v) is 4.13. The maximum atomic E-state index is 12.9. The van der Waals surface area contributed by atoms with Crippen molar-refractivity contribution < 1.29 is 9.53 Å². The number of amides is 1. The second-order valence-corrected chi connectivity index (χ2v) is 7.05. The minimum atomic E-state index is -0.0733. The summed E-state index contributed by atoms with van der Waals surface area (Å²) in [5.41, 5.74) is 4.75. The predicted octanol–water partition coefficient (Wildman–Crippen LogP) is 4.84. The van der Waals surface area contributed by atoms with E-state index in [1.165, 1.54) is 10.9 Å². The molecule has 1 aliphatic heterocycles. The van der Waals surface area contributed by atoms with Gasteiger partial charge in [-0.1, -0.05) is 37.3 Å². The number of H-pyrrole nitrogens is 1. The second-order valence-electron chi connectivity index (χ2n) is 7.05. The zero-order valence-electron chi connectivity index (χ0n) is 16.0. The number of fused-ring (bicyclic) bond motifs is 3. The van der Waals surface area contributed by atoms with Crippen LogP contribution in [0.3, 0.4) is 0 Å². The lowest BCUT2D eigenvalue weighted by Crippen LogP contribution is -2.40. The fraction of sp³-hybridized carbons (Fsp3) is 0.348. The molecule has 27 heavy (non-hydrogen) atoms. The van der Waals surface area contributed by atoms with Crippen LogP contribution < -0.4 is 4.74 Å². The Kier molecular flexibility index (Phi) is 4.88. The first-order chi connectivity index (χ1) is 13.2. The predicted molar refractivity (Wildman–Crippen MR) is 108 cm³/mol. The molecule has 4 rings (SSSR count). The highest BCUT2D eigenvalue weighted by Gasteiger charge is 2.33. The molecule has 3 aromatic rings. The van der Waals surface area contributed by atoms with Gasteiger partial charge < -0.3 is 14.6 Å². The maximum absolute atomic E-state index is 12.9. The maximum Gasteiger partial charge on any atom is 0.223 e. The van der Waals surface area contributed by atoms with E-state index >= 15 is 0 Å². The Labute approximate surface area is 160 Å². The van der Waals surface area contributed by atoms with Crippen LogP contribution in [0.25, 0.3) is 10.9 Å². The third-order valence-corrected chi connectivity index (χ3v) is 5.33. The Morgan fingerprint density at radius 3 is 2.67 bits per heavy atom. The van der Waals surface area contributed by atoms with E-state index in [0.717, 1.165) is 41.9 Å². The summed E-state index contributed by atoms with van der Waals surface area (Å²) in [7, 11) is 0. The Hall–Kier alpha value is -2.75. The monoisotopic (exact) mass is 362 g/mol. The molecule has 1 unspecified atom stereocenters. The van der Waals surface area contributed by atoms with Gasteiger partial charge in [-0.15, -0.1) is 0 Å². The second kappa shape index (κ2) is 7.47. The molecule has 2 heterocycles. The minimum Gasteiger partial charge on any atom is -0.494 e. The fourth-order valence-electron chi connectivity index (χ4n) is 4.13. The number of carbonyl (C=O) groups excluding carboxylic acids is 1. The summed E-state index contributed by atoms with van der Waals surface area (Å²) in [6, 6.07) is 16.5. The Morgan fingerprint density at radius 1 is 1.15 bits per heavy atom. The molecule has 1 N–H and O–H groups in total. The van der Waals surface area contributed by atoms with Gasteiger partial charge in [0.15, 0.2) is 0 Å². The lowest BCUT2D eigenvalue weighted by Gasteiger charge is -2.36. The molecule has 4 heteroatoms. The lowest BCUT2D eigenvalue weighted by molar-refractivity contribution is -0.133. The quantitative estimate of drug-likeness (QED) is 0.706. The SMILES string of the molecule is CCCC(=O)N1CCc2c([nH]c3ccccc23)C1c1ccc(OCC)cc1. The molecule has 0 saturated heterocycles. The van der Waals surface area contributed by atoms with Gasteiger partial charge in [-0.05, 0) is 49.1 Å². The Balaban J connectivity index is 1.81. The molecule has 140 valence electrons.